The van der Waals surface area contributed by atoms with Crippen LogP contribution in [-0.4, -0.2) is 14.1 Å². The van der Waals surface area contributed by atoms with Gasteiger partial charge in [0, 0.05) is 32.0 Å². The third-order valence-electron chi connectivity index (χ3n) is 3.27. The van der Waals surface area contributed by atoms with Crippen molar-refractivity contribution < 1.29 is 4.39 Å². The number of nitrogens with one attached hydrogen (secondary N) is 1. The quantitative estimate of drug-likeness (QED) is 0.930. The number of nitrogens with zero attached hydrogens (tertiary/aromatic N) is 2. The molecular weight excluding hydrogens is 265 g/mol. The van der Waals surface area contributed by atoms with Gasteiger partial charge in [0.1, 0.15) is 5.82 Å². The van der Waals surface area contributed by atoms with Crippen LogP contribution in [0.4, 0.5) is 15.8 Å². The fraction of sp³-hybridized carbons (Fsp3) is 0.235. The molecule has 0 spiro atoms. The van der Waals surface area contributed by atoms with Gasteiger partial charge in [-0.2, -0.15) is 5.26 Å². The van der Waals surface area contributed by atoms with Gasteiger partial charge >= 0.3 is 0 Å². The first-order valence-corrected chi connectivity index (χ1v) is 6.71. The minimum absolute atomic E-state index is 0.338. The molecule has 0 unspecified atom stereocenters. The molecule has 108 valence electrons. The van der Waals surface area contributed by atoms with E-state index in [1.807, 2.05) is 32.3 Å². The molecule has 0 aliphatic carbocycles. The zero-order valence-electron chi connectivity index (χ0n) is 12.4. The van der Waals surface area contributed by atoms with Gasteiger partial charge in [0.2, 0.25) is 0 Å². The maximum Gasteiger partial charge on any atom is 0.124 e. The van der Waals surface area contributed by atoms with Crippen LogP contribution in [0.15, 0.2) is 36.4 Å². The van der Waals surface area contributed by atoms with Crippen molar-refractivity contribution >= 4 is 11.4 Å². The molecule has 2 aromatic rings. The summed E-state index contributed by atoms with van der Waals surface area (Å²) >= 11 is 0. The zero-order valence-corrected chi connectivity index (χ0v) is 12.4. The van der Waals surface area contributed by atoms with Crippen LogP contribution in [0.3, 0.4) is 0 Å². The normalized spacial score (nSPS) is 10.0. The van der Waals surface area contributed by atoms with Crippen molar-refractivity contribution in [1.82, 2.24) is 0 Å². The van der Waals surface area contributed by atoms with E-state index >= 15 is 0 Å². The highest BCUT2D eigenvalue weighted by atomic mass is 19.1. The number of halogens is 1. The van der Waals surface area contributed by atoms with Crippen molar-refractivity contribution in [3.05, 3.63) is 58.9 Å². The summed E-state index contributed by atoms with van der Waals surface area (Å²) in [7, 11) is 4.00. The number of anilines is 2. The van der Waals surface area contributed by atoms with Crippen molar-refractivity contribution in [3.63, 3.8) is 0 Å². The number of rotatable bonds is 4. The minimum atomic E-state index is -0.385. The van der Waals surface area contributed by atoms with E-state index in [1.54, 1.807) is 6.07 Å². The number of nitriles is 1. The van der Waals surface area contributed by atoms with E-state index in [1.165, 1.54) is 17.7 Å². The lowest BCUT2D eigenvalue weighted by Crippen LogP contribution is -2.11. The second-order valence-electron chi connectivity index (χ2n) is 5.21. The molecule has 0 bridgehead atoms. The standard InChI is InChI=1S/C17H18FN3/c1-12-4-5-16(9-17(12)21(2)3)20-11-14-6-13(10-19)7-15(18)8-14/h4-9,20H,11H2,1-3H3. The molecule has 0 aliphatic rings. The van der Waals surface area contributed by atoms with Crippen LogP contribution in [0.1, 0.15) is 16.7 Å². The van der Waals surface area contributed by atoms with Crippen molar-refractivity contribution in [2.45, 2.75) is 13.5 Å². The second-order valence-corrected chi connectivity index (χ2v) is 5.21. The van der Waals surface area contributed by atoms with E-state index < -0.39 is 0 Å². The van der Waals surface area contributed by atoms with Gasteiger partial charge in [-0.25, -0.2) is 4.39 Å². The molecule has 0 saturated heterocycles. The van der Waals surface area contributed by atoms with Gasteiger partial charge in [-0.05, 0) is 48.4 Å². The summed E-state index contributed by atoms with van der Waals surface area (Å²) in [5.74, 6) is -0.385. The molecule has 2 rings (SSSR count). The monoisotopic (exact) mass is 283 g/mol. The van der Waals surface area contributed by atoms with E-state index in [4.69, 9.17) is 5.26 Å². The van der Waals surface area contributed by atoms with Gasteiger partial charge in [-0.1, -0.05) is 6.07 Å². The Balaban J connectivity index is 2.15. The van der Waals surface area contributed by atoms with Crippen LogP contribution < -0.4 is 10.2 Å². The molecular formula is C17H18FN3. The van der Waals surface area contributed by atoms with Crippen molar-refractivity contribution in [1.29, 1.82) is 5.26 Å². The Labute approximate surface area is 124 Å². The van der Waals surface area contributed by atoms with Crippen molar-refractivity contribution in [2.24, 2.45) is 0 Å². The van der Waals surface area contributed by atoms with Crippen LogP contribution in [0, 0.1) is 24.1 Å². The van der Waals surface area contributed by atoms with Crippen LogP contribution in [0.25, 0.3) is 0 Å². The highest BCUT2D eigenvalue weighted by Gasteiger charge is 2.04. The maximum atomic E-state index is 13.4. The lowest BCUT2D eigenvalue weighted by molar-refractivity contribution is 0.625. The smallest absolute Gasteiger partial charge is 0.124 e. The van der Waals surface area contributed by atoms with Crippen LogP contribution in [0.2, 0.25) is 0 Å². The Kier molecular flexibility index (Phi) is 4.44. The van der Waals surface area contributed by atoms with Gasteiger partial charge in [-0.3, -0.25) is 0 Å². The molecule has 2 aromatic carbocycles. The van der Waals surface area contributed by atoms with Crippen molar-refractivity contribution in [2.75, 3.05) is 24.3 Å². The Morgan fingerprint density at radius 2 is 1.95 bits per heavy atom. The zero-order chi connectivity index (χ0) is 15.4. The van der Waals surface area contributed by atoms with Crippen LogP contribution >= 0.6 is 0 Å². The topological polar surface area (TPSA) is 39.1 Å². The third-order valence-corrected chi connectivity index (χ3v) is 3.27. The molecule has 4 heteroatoms. The second kappa shape index (κ2) is 6.27. The first-order valence-electron chi connectivity index (χ1n) is 6.71. The first-order chi connectivity index (χ1) is 9.99. The Morgan fingerprint density at radius 1 is 1.19 bits per heavy atom. The molecule has 3 nitrogen and oxygen atoms in total. The highest BCUT2D eigenvalue weighted by Crippen LogP contribution is 2.23. The molecule has 1 N–H and O–H groups in total. The maximum absolute atomic E-state index is 13.4. The summed E-state index contributed by atoms with van der Waals surface area (Å²) in [6.07, 6.45) is 0. The molecule has 0 atom stereocenters. The lowest BCUT2D eigenvalue weighted by Gasteiger charge is -2.17. The van der Waals surface area contributed by atoms with E-state index in [9.17, 15) is 4.39 Å². The van der Waals surface area contributed by atoms with E-state index in [0.29, 0.717) is 12.1 Å². The Hall–Kier alpha value is -2.54. The van der Waals surface area contributed by atoms with Crippen LogP contribution in [0.5, 0.6) is 0 Å². The minimum Gasteiger partial charge on any atom is -0.381 e. The summed E-state index contributed by atoms with van der Waals surface area (Å²) in [6.45, 7) is 2.53. The number of aryl methyl sites for hydroxylation is 1. The molecule has 0 aliphatic heterocycles. The fourth-order valence-electron chi connectivity index (χ4n) is 2.22. The number of hydrogen-bond donors (Lipinski definition) is 1. The van der Waals surface area contributed by atoms with E-state index in [0.717, 1.165) is 16.9 Å². The lowest BCUT2D eigenvalue weighted by atomic mass is 10.1. The van der Waals surface area contributed by atoms with Crippen molar-refractivity contribution in [3.8, 4) is 6.07 Å². The molecule has 0 saturated carbocycles. The van der Waals surface area contributed by atoms with Gasteiger partial charge < -0.3 is 10.2 Å². The summed E-state index contributed by atoms with van der Waals surface area (Å²) in [5.41, 5.74) is 4.38. The largest absolute Gasteiger partial charge is 0.381 e. The summed E-state index contributed by atoms with van der Waals surface area (Å²) in [4.78, 5) is 2.05. The molecule has 21 heavy (non-hydrogen) atoms. The summed E-state index contributed by atoms with van der Waals surface area (Å²) in [5, 5.41) is 12.1. The fourth-order valence-corrected chi connectivity index (χ4v) is 2.22. The predicted octanol–water partition coefficient (Wildman–Crippen LogP) is 3.68. The molecule has 0 aromatic heterocycles. The van der Waals surface area contributed by atoms with Gasteiger partial charge in [-0.15, -0.1) is 0 Å². The van der Waals surface area contributed by atoms with E-state index in [2.05, 4.69) is 23.2 Å². The van der Waals surface area contributed by atoms with Gasteiger partial charge in [0.05, 0.1) is 11.6 Å². The molecule has 0 amide bonds. The molecule has 0 heterocycles. The SMILES string of the molecule is Cc1ccc(NCc2cc(F)cc(C#N)c2)cc1N(C)C. The molecule has 0 radical (unpaired) electrons. The summed E-state index contributed by atoms with van der Waals surface area (Å²) in [6, 6.07) is 12.4. The summed E-state index contributed by atoms with van der Waals surface area (Å²) < 4.78 is 13.4. The highest BCUT2D eigenvalue weighted by molar-refractivity contribution is 5.62. The average molecular weight is 283 g/mol. The molecule has 0 fully saturated rings. The van der Waals surface area contributed by atoms with Gasteiger partial charge in [0.15, 0.2) is 0 Å². The Morgan fingerprint density at radius 3 is 2.62 bits per heavy atom. The number of hydrogen-bond acceptors (Lipinski definition) is 3. The number of benzene rings is 2. The average Bonchev–Trinajstić information content (AvgIpc) is 2.45. The van der Waals surface area contributed by atoms with E-state index in [-0.39, 0.29) is 5.82 Å². The first kappa shape index (κ1) is 14.9. The Bertz CT molecular complexity index is 687. The van der Waals surface area contributed by atoms with Gasteiger partial charge in [0.25, 0.3) is 0 Å². The third kappa shape index (κ3) is 3.73. The predicted molar refractivity (Wildman–Crippen MR) is 83.9 cm³/mol. The van der Waals surface area contributed by atoms with Crippen LogP contribution in [-0.2, 0) is 6.54 Å².